The van der Waals surface area contributed by atoms with Crippen LogP contribution in [-0.2, 0) is 7.05 Å². The van der Waals surface area contributed by atoms with Crippen LogP contribution >= 0.6 is 11.3 Å². The molecule has 0 atom stereocenters. The normalized spacial score (nSPS) is 11.6. The number of hydrogen-bond acceptors (Lipinski definition) is 4. The molecule has 0 aliphatic rings. The van der Waals surface area contributed by atoms with E-state index in [1.165, 1.54) is 29.5 Å². The second-order valence-corrected chi connectivity index (χ2v) is 4.84. The molecule has 0 unspecified atom stereocenters. The van der Waals surface area contributed by atoms with E-state index in [1.54, 1.807) is 24.7 Å². The van der Waals surface area contributed by atoms with Crippen molar-refractivity contribution < 1.29 is 9.72 Å². The van der Waals surface area contributed by atoms with Crippen LogP contribution in [0.3, 0.4) is 0 Å². The molecule has 6 nitrogen and oxygen atoms in total. The van der Waals surface area contributed by atoms with Crippen LogP contribution in [0.4, 0.5) is 5.69 Å². The number of nitro groups is 1. The lowest BCUT2D eigenvalue weighted by Gasteiger charge is -1.99. The third kappa shape index (κ3) is 2.76. The first-order valence-electron chi connectivity index (χ1n) is 5.43. The summed E-state index contributed by atoms with van der Waals surface area (Å²) in [5.74, 6) is -0.406. The van der Waals surface area contributed by atoms with E-state index in [4.69, 9.17) is 0 Å². The summed E-state index contributed by atoms with van der Waals surface area (Å²) in [6, 6.07) is 4.23. The van der Waals surface area contributed by atoms with E-state index in [1.807, 2.05) is 5.38 Å². The fourth-order valence-electron chi connectivity index (χ4n) is 1.58. The van der Waals surface area contributed by atoms with Crippen LogP contribution in [0.5, 0.6) is 0 Å². The van der Waals surface area contributed by atoms with E-state index in [2.05, 4.69) is 4.99 Å². The van der Waals surface area contributed by atoms with Crippen LogP contribution in [0, 0.1) is 17.0 Å². The van der Waals surface area contributed by atoms with Gasteiger partial charge in [0.05, 0.1) is 4.92 Å². The van der Waals surface area contributed by atoms with Gasteiger partial charge in [-0.1, -0.05) is 0 Å². The van der Waals surface area contributed by atoms with Gasteiger partial charge in [0.25, 0.3) is 11.6 Å². The van der Waals surface area contributed by atoms with Gasteiger partial charge in [-0.05, 0) is 19.1 Å². The maximum Gasteiger partial charge on any atom is 0.279 e. The highest BCUT2D eigenvalue weighted by molar-refractivity contribution is 7.07. The van der Waals surface area contributed by atoms with Gasteiger partial charge < -0.3 is 4.57 Å². The van der Waals surface area contributed by atoms with Crippen molar-refractivity contribution in [1.29, 1.82) is 0 Å². The van der Waals surface area contributed by atoms with Crippen LogP contribution in [0.2, 0.25) is 0 Å². The number of nitrogens with zero attached hydrogens (tertiary/aromatic N) is 3. The topological polar surface area (TPSA) is 77.5 Å². The Bertz CT molecular complexity index is 715. The first-order chi connectivity index (χ1) is 8.99. The van der Waals surface area contributed by atoms with Gasteiger partial charge in [0, 0.05) is 35.8 Å². The summed E-state index contributed by atoms with van der Waals surface area (Å²) in [6.45, 7) is 1.60. The zero-order valence-electron chi connectivity index (χ0n) is 10.4. The minimum atomic E-state index is -0.472. The van der Waals surface area contributed by atoms with Gasteiger partial charge in [-0.15, -0.1) is 11.3 Å². The van der Waals surface area contributed by atoms with Crippen molar-refractivity contribution in [3.63, 3.8) is 0 Å². The molecular formula is C12H11N3O3S. The first kappa shape index (κ1) is 13.2. The highest BCUT2D eigenvalue weighted by Gasteiger charge is 2.13. The number of thiazole rings is 1. The number of amides is 1. The van der Waals surface area contributed by atoms with Crippen LogP contribution in [0.25, 0.3) is 0 Å². The Morgan fingerprint density at radius 2 is 2.21 bits per heavy atom. The summed E-state index contributed by atoms with van der Waals surface area (Å²) in [6.07, 6.45) is 1.80. The number of benzene rings is 1. The Morgan fingerprint density at radius 3 is 2.74 bits per heavy atom. The number of hydrogen-bond donors (Lipinski definition) is 0. The van der Waals surface area contributed by atoms with E-state index in [0.29, 0.717) is 15.9 Å². The highest BCUT2D eigenvalue weighted by atomic mass is 32.1. The number of aromatic nitrogens is 1. The van der Waals surface area contributed by atoms with Gasteiger partial charge in [-0.25, -0.2) is 0 Å². The molecule has 1 amide bonds. The summed E-state index contributed by atoms with van der Waals surface area (Å²) >= 11 is 1.35. The molecule has 0 saturated heterocycles. The molecule has 0 saturated carbocycles. The van der Waals surface area contributed by atoms with Gasteiger partial charge >= 0.3 is 0 Å². The van der Waals surface area contributed by atoms with Crippen molar-refractivity contribution in [2.24, 2.45) is 12.0 Å². The maximum absolute atomic E-state index is 12.0. The van der Waals surface area contributed by atoms with E-state index in [0.717, 1.165) is 0 Å². The zero-order chi connectivity index (χ0) is 14.0. The number of nitro benzene ring substituents is 1. The lowest BCUT2D eigenvalue weighted by atomic mass is 10.1. The maximum atomic E-state index is 12.0. The number of carbonyl (C=O) groups excluding carboxylic acids is 1. The van der Waals surface area contributed by atoms with E-state index in [-0.39, 0.29) is 5.69 Å². The summed E-state index contributed by atoms with van der Waals surface area (Å²) < 4.78 is 1.74. The monoisotopic (exact) mass is 277 g/mol. The Morgan fingerprint density at radius 1 is 1.47 bits per heavy atom. The van der Waals surface area contributed by atoms with Gasteiger partial charge in [-0.2, -0.15) is 4.99 Å². The van der Waals surface area contributed by atoms with Crippen molar-refractivity contribution in [1.82, 2.24) is 4.57 Å². The second-order valence-electron chi connectivity index (χ2n) is 3.97. The molecule has 1 aromatic heterocycles. The van der Waals surface area contributed by atoms with Crippen molar-refractivity contribution in [2.75, 3.05) is 0 Å². The average Bonchev–Trinajstić information content (AvgIpc) is 2.74. The van der Waals surface area contributed by atoms with Crippen LogP contribution in [-0.4, -0.2) is 15.4 Å². The predicted octanol–water partition coefficient (Wildman–Crippen LogP) is 2.04. The lowest BCUT2D eigenvalue weighted by molar-refractivity contribution is -0.385. The van der Waals surface area contributed by atoms with Crippen molar-refractivity contribution >= 4 is 22.9 Å². The fraction of sp³-hybridized carbons (Fsp3) is 0.167. The van der Waals surface area contributed by atoms with Gasteiger partial charge in [0.15, 0.2) is 4.80 Å². The first-order valence-corrected chi connectivity index (χ1v) is 6.31. The van der Waals surface area contributed by atoms with Crippen molar-refractivity contribution in [3.05, 3.63) is 55.8 Å². The molecule has 98 valence electrons. The number of rotatable bonds is 2. The molecule has 0 spiro atoms. The van der Waals surface area contributed by atoms with Crippen LogP contribution < -0.4 is 4.80 Å². The zero-order valence-corrected chi connectivity index (χ0v) is 11.2. The Labute approximate surface area is 112 Å². The van der Waals surface area contributed by atoms with Gasteiger partial charge in [0.2, 0.25) is 0 Å². The summed E-state index contributed by atoms with van der Waals surface area (Å²) in [7, 11) is 1.80. The molecule has 0 aliphatic heterocycles. The second kappa shape index (κ2) is 5.15. The molecule has 1 aromatic carbocycles. The summed E-state index contributed by atoms with van der Waals surface area (Å²) in [5, 5.41) is 12.5. The van der Waals surface area contributed by atoms with Gasteiger partial charge in [0.1, 0.15) is 0 Å². The van der Waals surface area contributed by atoms with Crippen molar-refractivity contribution in [2.45, 2.75) is 6.92 Å². The number of carbonyl (C=O) groups is 1. The fourth-order valence-corrected chi connectivity index (χ4v) is 2.31. The molecular weight excluding hydrogens is 266 g/mol. The molecule has 0 N–H and O–H groups in total. The Balaban J connectivity index is 2.39. The minimum absolute atomic E-state index is 0.00164. The molecule has 1 heterocycles. The Kier molecular flexibility index (Phi) is 3.57. The van der Waals surface area contributed by atoms with Crippen molar-refractivity contribution in [3.8, 4) is 0 Å². The van der Waals surface area contributed by atoms with E-state index >= 15 is 0 Å². The van der Waals surface area contributed by atoms with Crippen LogP contribution in [0.15, 0.2) is 34.8 Å². The molecule has 0 radical (unpaired) electrons. The number of aryl methyl sites for hydroxylation is 2. The minimum Gasteiger partial charge on any atom is -0.327 e. The van der Waals surface area contributed by atoms with Gasteiger partial charge in [-0.3, -0.25) is 14.9 Å². The molecule has 0 bridgehead atoms. The Hall–Kier alpha value is -2.28. The summed E-state index contributed by atoms with van der Waals surface area (Å²) in [4.78, 5) is 26.7. The lowest BCUT2D eigenvalue weighted by Crippen LogP contribution is -2.12. The quantitative estimate of drug-likeness (QED) is 0.622. The largest absolute Gasteiger partial charge is 0.327 e. The van der Waals surface area contributed by atoms with Crippen LogP contribution in [0.1, 0.15) is 15.9 Å². The third-order valence-corrected chi connectivity index (χ3v) is 3.45. The third-order valence-electron chi connectivity index (χ3n) is 2.60. The standard InChI is InChI=1S/C12H11N3O3S/c1-8-7-9(3-4-10(8)15(17)18)11(16)13-12-14(2)5-6-19-12/h3-7H,1-2H3. The van der Waals surface area contributed by atoms with E-state index in [9.17, 15) is 14.9 Å². The molecule has 0 fully saturated rings. The molecule has 2 rings (SSSR count). The van der Waals surface area contributed by atoms with E-state index < -0.39 is 10.8 Å². The highest BCUT2D eigenvalue weighted by Crippen LogP contribution is 2.19. The molecule has 19 heavy (non-hydrogen) atoms. The summed E-state index contributed by atoms with van der Waals surface area (Å²) in [5.41, 5.74) is 0.788. The smallest absolute Gasteiger partial charge is 0.279 e. The predicted molar refractivity (Wildman–Crippen MR) is 71.0 cm³/mol. The average molecular weight is 277 g/mol. The molecule has 2 aromatic rings. The molecule has 0 aliphatic carbocycles. The molecule has 7 heteroatoms. The SMILES string of the molecule is Cc1cc(C(=O)N=c2sccn2C)ccc1[N+](=O)[O-].